The van der Waals surface area contributed by atoms with Crippen LogP contribution in [0.1, 0.15) is 66.2 Å². The lowest BCUT2D eigenvalue weighted by atomic mass is 9.61. The first kappa shape index (κ1) is 17.0. The van der Waals surface area contributed by atoms with Crippen molar-refractivity contribution in [2.45, 2.75) is 72.3 Å². The van der Waals surface area contributed by atoms with Gasteiger partial charge >= 0.3 is 0 Å². The van der Waals surface area contributed by atoms with Gasteiger partial charge in [0.05, 0.1) is 6.10 Å². The number of nitrogens with two attached hydrogens (primary N) is 1. The molecule has 0 amide bonds. The van der Waals surface area contributed by atoms with Crippen molar-refractivity contribution in [3.63, 3.8) is 0 Å². The largest absolute Gasteiger partial charge is 0.392 e. The Labute approximate surface area is 131 Å². The van der Waals surface area contributed by atoms with Crippen LogP contribution in [0.5, 0.6) is 0 Å². The average Bonchev–Trinajstić information content (AvgIpc) is 2.45. The Morgan fingerprint density at radius 1 is 1.29 bits per heavy atom. The molecule has 2 nitrogen and oxygen atoms in total. The van der Waals surface area contributed by atoms with Crippen molar-refractivity contribution in [2.24, 2.45) is 34.8 Å². The molecule has 3 atom stereocenters. The van der Waals surface area contributed by atoms with Crippen molar-refractivity contribution in [1.82, 2.24) is 0 Å². The molecule has 0 aromatic rings. The van der Waals surface area contributed by atoms with Crippen LogP contribution < -0.4 is 5.73 Å². The Kier molecular flexibility index (Phi) is 5.54. The van der Waals surface area contributed by atoms with E-state index in [2.05, 4.69) is 33.8 Å². The van der Waals surface area contributed by atoms with Crippen molar-refractivity contribution in [2.75, 3.05) is 6.54 Å². The van der Waals surface area contributed by atoms with Gasteiger partial charge in [-0.1, -0.05) is 32.4 Å². The van der Waals surface area contributed by atoms with E-state index < -0.39 is 0 Å². The smallest absolute Gasteiger partial charge is 0.0639 e. The molecule has 1 saturated carbocycles. The van der Waals surface area contributed by atoms with Gasteiger partial charge in [-0.15, -0.1) is 0 Å². The van der Waals surface area contributed by atoms with E-state index in [1.807, 2.05) is 0 Å². The molecule has 2 aliphatic rings. The maximum absolute atomic E-state index is 11.1. The lowest BCUT2D eigenvalue weighted by Crippen LogP contribution is -2.49. The number of aliphatic hydroxyl groups excluding tert-OH is 1. The van der Waals surface area contributed by atoms with Gasteiger partial charge in [-0.2, -0.15) is 0 Å². The first-order valence-corrected chi connectivity index (χ1v) is 8.93. The molecule has 0 spiro atoms. The fourth-order valence-electron chi connectivity index (χ4n) is 4.84. The minimum atomic E-state index is -0.221. The Morgan fingerprint density at radius 2 is 1.90 bits per heavy atom. The highest BCUT2D eigenvalue weighted by Crippen LogP contribution is 2.47. The highest BCUT2D eigenvalue weighted by atomic mass is 16.3. The third kappa shape index (κ3) is 3.71. The summed E-state index contributed by atoms with van der Waals surface area (Å²) in [7, 11) is 0. The van der Waals surface area contributed by atoms with Crippen molar-refractivity contribution in [1.29, 1.82) is 0 Å². The van der Waals surface area contributed by atoms with Crippen LogP contribution in [0.2, 0.25) is 0 Å². The van der Waals surface area contributed by atoms with Gasteiger partial charge < -0.3 is 10.8 Å². The molecule has 0 aliphatic heterocycles. The van der Waals surface area contributed by atoms with Crippen LogP contribution >= 0.6 is 0 Å². The zero-order valence-corrected chi connectivity index (χ0v) is 14.4. The molecule has 0 aromatic heterocycles. The third-order valence-corrected chi connectivity index (χ3v) is 6.28. The van der Waals surface area contributed by atoms with Crippen LogP contribution in [0.25, 0.3) is 0 Å². The summed E-state index contributed by atoms with van der Waals surface area (Å²) >= 11 is 0. The van der Waals surface area contributed by atoms with Gasteiger partial charge in [0, 0.05) is 12.0 Å². The van der Waals surface area contributed by atoms with E-state index in [4.69, 9.17) is 5.73 Å². The zero-order chi connectivity index (χ0) is 15.6. The van der Waals surface area contributed by atoms with Crippen molar-refractivity contribution >= 4 is 0 Å². The average molecular weight is 293 g/mol. The Morgan fingerprint density at radius 3 is 2.38 bits per heavy atom. The summed E-state index contributed by atoms with van der Waals surface area (Å²) in [5.74, 6) is 2.59. The molecule has 3 N–H and O–H groups in total. The minimum Gasteiger partial charge on any atom is -0.392 e. The SMILES string of the molecule is CC1=CC(C)CC(C(O)C2(CN)CCC(C(C)C)CC2)C1. The number of allylic oxidation sites excluding steroid dienone is 2. The second-order valence-corrected chi connectivity index (χ2v) is 8.28. The van der Waals surface area contributed by atoms with E-state index in [0.717, 1.165) is 37.5 Å². The predicted octanol–water partition coefficient (Wildman–Crippen LogP) is 4.13. The van der Waals surface area contributed by atoms with Crippen LogP contribution in [0.3, 0.4) is 0 Å². The van der Waals surface area contributed by atoms with E-state index in [0.29, 0.717) is 18.4 Å². The molecule has 2 rings (SSSR count). The van der Waals surface area contributed by atoms with Crippen molar-refractivity contribution in [3.8, 4) is 0 Å². The summed E-state index contributed by atoms with van der Waals surface area (Å²) in [6, 6.07) is 0. The second-order valence-electron chi connectivity index (χ2n) is 8.28. The normalized spacial score (nSPS) is 39.2. The number of hydrogen-bond acceptors (Lipinski definition) is 2. The molecular formula is C19H35NO. The molecule has 0 saturated heterocycles. The van der Waals surface area contributed by atoms with E-state index in [1.54, 1.807) is 0 Å². The van der Waals surface area contributed by atoms with Gasteiger partial charge in [0.25, 0.3) is 0 Å². The fraction of sp³-hybridized carbons (Fsp3) is 0.895. The third-order valence-electron chi connectivity index (χ3n) is 6.28. The highest BCUT2D eigenvalue weighted by molar-refractivity contribution is 5.09. The maximum Gasteiger partial charge on any atom is 0.0639 e. The Bertz CT molecular complexity index is 366. The van der Waals surface area contributed by atoms with Crippen LogP contribution in [0.15, 0.2) is 11.6 Å². The van der Waals surface area contributed by atoms with Crippen LogP contribution in [-0.2, 0) is 0 Å². The summed E-state index contributed by atoms with van der Waals surface area (Å²) in [4.78, 5) is 0. The Hall–Kier alpha value is -0.340. The van der Waals surface area contributed by atoms with E-state index >= 15 is 0 Å². The topological polar surface area (TPSA) is 46.2 Å². The zero-order valence-electron chi connectivity index (χ0n) is 14.4. The predicted molar refractivity (Wildman–Crippen MR) is 89.9 cm³/mol. The number of rotatable bonds is 4. The standard InChI is InChI=1S/C19H35NO/c1-13(2)16-5-7-19(12-20,8-6-16)18(21)17-10-14(3)9-15(4)11-17/h9,13-14,16-18,21H,5-8,10-12,20H2,1-4H3. The molecule has 21 heavy (non-hydrogen) atoms. The molecule has 0 heterocycles. The van der Waals surface area contributed by atoms with E-state index in [9.17, 15) is 5.11 Å². The molecule has 1 fully saturated rings. The van der Waals surface area contributed by atoms with E-state index in [1.165, 1.54) is 18.4 Å². The fourth-order valence-corrected chi connectivity index (χ4v) is 4.84. The van der Waals surface area contributed by atoms with Gasteiger partial charge in [-0.3, -0.25) is 0 Å². The van der Waals surface area contributed by atoms with Crippen molar-refractivity contribution < 1.29 is 5.11 Å². The van der Waals surface area contributed by atoms with Crippen LogP contribution in [0, 0.1) is 29.1 Å². The quantitative estimate of drug-likeness (QED) is 0.766. The van der Waals surface area contributed by atoms with Gasteiger partial charge in [0.2, 0.25) is 0 Å². The summed E-state index contributed by atoms with van der Waals surface area (Å²) in [6.07, 6.45) is 9.03. The first-order valence-electron chi connectivity index (χ1n) is 8.93. The molecule has 0 aromatic carbocycles. The minimum absolute atomic E-state index is 0.0204. The van der Waals surface area contributed by atoms with Crippen LogP contribution in [0.4, 0.5) is 0 Å². The molecule has 122 valence electrons. The molecule has 0 bridgehead atoms. The molecule has 2 aliphatic carbocycles. The van der Waals surface area contributed by atoms with Gasteiger partial charge in [0.1, 0.15) is 0 Å². The summed E-state index contributed by atoms with van der Waals surface area (Å²) in [5.41, 5.74) is 7.59. The van der Waals surface area contributed by atoms with Gasteiger partial charge in [-0.25, -0.2) is 0 Å². The molecular weight excluding hydrogens is 258 g/mol. The maximum atomic E-state index is 11.1. The summed E-state index contributed by atoms with van der Waals surface area (Å²) in [6.45, 7) is 9.78. The van der Waals surface area contributed by atoms with Gasteiger partial charge in [0.15, 0.2) is 0 Å². The van der Waals surface area contributed by atoms with Crippen molar-refractivity contribution in [3.05, 3.63) is 11.6 Å². The molecule has 2 heteroatoms. The second kappa shape index (κ2) is 6.83. The number of aliphatic hydroxyl groups is 1. The molecule has 0 radical (unpaired) electrons. The number of hydrogen-bond donors (Lipinski definition) is 2. The van der Waals surface area contributed by atoms with Gasteiger partial charge in [-0.05, 0) is 69.1 Å². The Balaban J connectivity index is 2.05. The lowest BCUT2D eigenvalue weighted by molar-refractivity contribution is -0.0533. The first-order chi connectivity index (χ1) is 9.88. The van der Waals surface area contributed by atoms with Crippen LogP contribution in [-0.4, -0.2) is 17.8 Å². The molecule has 3 unspecified atom stereocenters. The summed E-state index contributed by atoms with van der Waals surface area (Å²) < 4.78 is 0. The lowest BCUT2D eigenvalue weighted by Gasteiger charge is -2.47. The highest BCUT2D eigenvalue weighted by Gasteiger charge is 2.44. The summed E-state index contributed by atoms with van der Waals surface area (Å²) in [5, 5.41) is 11.1. The monoisotopic (exact) mass is 293 g/mol. The van der Waals surface area contributed by atoms with E-state index in [-0.39, 0.29) is 11.5 Å².